The highest BCUT2D eigenvalue weighted by Gasteiger charge is 2.44. The molecule has 4 aliphatic rings. The smallest absolute Gasteiger partial charge is 0.262 e. The Morgan fingerprint density at radius 3 is 2.12 bits per heavy atom. The topological polar surface area (TPSA) is 198 Å². The van der Waals surface area contributed by atoms with Gasteiger partial charge in [0.15, 0.2) is 0 Å². The number of anilines is 1. The predicted molar refractivity (Wildman–Crippen MR) is 214 cm³/mol. The predicted octanol–water partition coefficient (Wildman–Crippen LogP) is 2.39. The van der Waals surface area contributed by atoms with Crippen LogP contribution in [0, 0.1) is 11.3 Å². The molecular formula is C42H52N8O9. The Bertz CT molecular complexity index is 1990. The van der Waals surface area contributed by atoms with Gasteiger partial charge in [-0.05, 0) is 68.5 Å². The van der Waals surface area contributed by atoms with Gasteiger partial charge in [-0.3, -0.25) is 39.2 Å². The second-order valence-corrected chi connectivity index (χ2v) is 15.0. The van der Waals surface area contributed by atoms with E-state index in [1.807, 2.05) is 12.1 Å². The third-order valence-electron chi connectivity index (χ3n) is 11.3. The summed E-state index contributed by atoms with van der Waals surface area (Å²) in [5.41, 5.74) is 1.82. The molecule has 1 saturated carbocycles. The summed E-state index contributed by atoms with van der Waals surface area (Å²) >= 11 is 0. The highest BCUT2D eigenvalue weighted by molar-refractivity contribution is 6.23. The summed E-state index contributed by atoms with van der Waals surface area (Å²) in [6.45, 7) is 9.14. The van der Waals surface area contributed by atoms with Crippen LogP contribution in [0.3, 0.4) is 0 Å². The summed E-state index contributed by atoms with van der Waals surface area (Å²) in [7, 11) is 0. The van der Waals surface area contributed by atoms with Gasteiger partial charge in [0.05, 0.1) is 81.1 Å². The second-order valence-electron chi connectivity index (χ2n) is 15.0. The molecule has 2 saturated heterocycles. The van der Waals surface area contributed by atoms with Gasteiger partial charge in [0.2, 0.25) is 11.8 Å². The van der Waals surface area contributed by atoms with Gasteiger partial charge in [-0.15, -0.1) is 0 Å². The maximum Gasteiger partial charge on any atom is 0.262 e. The summed E-state index contributed by atoms with van der Waals surface area (Å²) in [5, 5.41) is 16.0. The number of carbonyl (C=O) groups excluding carboxylic acids is 4. The number of amides is 4. The zero-order chi connectivity index (χ0) is 41.0. The fourth-order valence-electron chi connectivity index (χ4n) is 8.09. The Labute approximate surface area is 343 Å². The number of nitriles is 1. The number of nitrogens with zero attached hydrogens (tertiary/aromatic N) is 6. The number of piperazine rings is 1. The quantitative estimate of drug-likeness (QED) is 0.125. The van der Waals surface area contributed by atoms with Crippen molar-refractivity contribution in [3.05, 3.63) is 59.4 Å². The van der Waals surface area contributed by atoms with E-state index in [4.69, 9.17) is 23.7 Å². The molecule has 3 fully saturated rings. The number of aromatic nitrogens is 2. The zero-order valence-corrected chi connectivity index (χ0v) is 33.3. The van der Waals surface area contributed by atoms with Crippen molar-refractivity contribution in [2.24, 2.45) is 0 Å². The summed E-state index contributed by atoms with van der Waals surface area (Å²) in [4.78, 5) is 64.4. The number of fused-ring (bicyclic) bond motifs is 2. The van der Waals surface area contributed by atoms with E-state index in [-0.39, 0.29) is 30.6 Å². The average Bonchev–Trinajstić information content (AvgIpc) is 3.50. The lowest BCUT2D eigenvalue weighted by Crippen LogP contribution is -2.54. The van der Waals surface area contributed by atoms with Gasteiger partial charge in [0.25, 0.3) is 11.8 Å². The molecule has 17 nitrogen and oxygen atoms in total. The van der Waals surface area contributed by atoms with Crippen LogP contribution in [-0.4, -0.2) is 159 Å². The molecule has 4 amide bonds. The first-order valence-electron chi connectivity index (χ1n) is 20.5. The standard InChI is InChI=1S/C42H52N8O9/c43-27-29-1-8-36-35(25-29)39(45-28-44-36)46-30-2-4-31(5-3-30)49-13-11-48(12-14-49)15-16-55-17-18-56-19-20-57-21-22-58-23-24-59-32-6-7-33-34(26-32)42(54)50(41(33)53)37-9-10-38(51)47-40(37)52/h1,6-8,25-26,28,30-31,37H,2-5,9-24H2,(H,44,45,46)(H,47,51,52). The lowest BCUT2D eigenvalue weighted by molar-refractivity contribution is -0.136. The normalized spacial score (nSPS) is 21.4. The number of imide groups is 2. The molecule has 0 bridgehead atoms. The highest BCUT2D eigenvalue weighted by atomic mass is 16.6. The van der Waals surface area contributed by atoms with Gasteiger partial charge < -0.3 is 29.0 Å². The van der Waals surface area contributed by atoms with Crippen LogP contribution in [0.25, 0.3) is 10.9 Å². The molecule has 1 aliphatic carbocycles. The summed E-state index contributed by atoms with van der Waals surface area (Å²) in [6.07, 6.45) is 6.26. The van der Waals surface area contributed by atoms with E-state index in [9.17, 15) is 24.4 Å². The number of nitrogens with one attached hydrogen (secondary N) is 2. The van der Waals surface area contributed by atoms with Crippen LogP contribution in [0.2, 0.25) is 0 Å². The minimum absolute atomic E-state index is 0.0652. The molecule has 17 heteroatoms. The molecule has 3 aromatic rings. The molecule has 4 heterocycles. The molecule has 3 aliphatic heterocycles. The zero-order valence-electron chi connectivity index (χ0n) is 33.3. The monoisotopic (exact) mass is 812 g/mol. The van der Waals surface area contributed by atoms with Gasteiger partial charge in [0.1, 0.15) is 30.5 Å². The Morgan fingerprint density at radius 2 is 1.42 bits per heavy atom. The molecule has 7 rings (SSSR count). The second kappa shape index (κ2) is 20.7. The summed E-state index contributed by atoms with van der Waals surface area (Å²) in [5.74, 6) is -0.984. The van der Waals surface area contributed by atoms with Crippen LogP contribution in [-0.2, 0) is 28.5 Å². The Kier molecular flexibility index (Phi) is 14.8. The van der Waals surface area contributed by atoms with Crippen LogP contribution >= 0.6 is 0 Å². The van der Waals surface area contributed by atoms with Gasteiger partial charge in [-0.1, -0.05) is 0 Å². The Morgan fingerprint density at radius 1 is 0.746 bits per heavy atom. The van der Waals surface area contributed by atoms with Crippen LogP contribution in [0.4, 0.5) is 5.82 Å². The minimum atomic E-state index is -1.01. The largest absolute Gasteiger partial charge is 0.491 e. The maximum absolute atomic E-state index is 13.0. The van der Waals surface area contributed by atoms with Gasteiger partial charge in [-0.2, -0.15) is 5.26 Å². The first-order chi connectivity index (χ1) is 28.9. The molecule has 314 valence electrons. The molecule has 0 spiro atoms. The van der Waals surface area contributed by atoms with Crippen molar-refractivity contribution < 1.29 is 42.9 Å². The van der Waals surface area contributed by atoms with Crippen LogP contribution in [0.5, 0.6) is 5.75 Å². The summed E-state index contributed by atoms with van der Waals surface area (Å²) in [6, 6.07) is 12.3. The van der Waals surface area contributed by atoms with Crippen LogP contribution in [0.1, 0.15) is 64.8 Å². The Hall–Kier alpha value is -5.09. The number of rotatable bonds is 20. The molecule has 1 unspecified atom stereocenters. The Balaban J connectivity index is 0.658. The first-order valence-corrected chi connectivity index (χ1v) is 20.5. The maximum atomic E-state index is 13.0. The van der Waals surface area contributed by atoms with Crippen LogP contribution in [0.15, 0.2) is 42.7 Å². The van der Waals surface area contributed by atoms with Crippen molar-refractivity contribution in [1.29, 1.82) is 5.26 Å². The number of benzene rings is 2. The third kappa shape index (κ3) is 10.9. The van der Waals surface area contributed by atoms with Crippen molar-refractivity contribution in [2.75, 3.05) is 97.5 Å². The number of piperidine rings is 1. The van der Waals surface area contributed by atoms with E-state index in [2.05, 4.69) is 36.5 Å². The van der Waals surface area contributed by atoms with Gasteiger partial charge in [-0.25, -0.2) is 9.97 Å². The fraction of sp³-hybridized carbons (Fsp3) is 0.548. The molecule has 0 radical (unpaired) electrons. The molecule has 1 atom stereocenters. The number of ether oxygens (including phenoxy) is 5. The highest BCUT2D eigenvalue weighted by Crippen LogP contribution is 2.31. The van der Waals surface area contributed by atoms with E-state index in [0.29, 0.717) is 76.3 Å². The molecule has 2 aromatic carbocycles. The lowest BCUT2D eigenvalue weighted by atomic mass is 9.89. The molecular weight excluding hydrogens is 761 g/mol. The fourth-order valence-corrected chi connectivity index (χ4v) is 8.09. The van der Waals surface area contributed by atoms with E-state index in [1.165, 1.54) is 12.1 Å². The molecule has 59 heavy (non-hydrogen) atoms. The molecule has 2 N–H and O–H groups in total. The minimum Gasteiger partial charge on any atom is -0.491 e. The average molecular weight is 813 g/mol. The van der Waals surface area contributed by atoms with Crippen molar-refractivity contribution in [3.63, 3.8) is 0 Å². The third-order valence-corrected chi connectivity index (χ3v) is 11.3. The summed E-state index contributed by atoms with van der Waals surface area (Å²) < 4.78 is 28.3. The number of carbonyl (C=O) groups is 4. The SMILES string of the molecule is N#Cc1ccc2ncnc(NC3CCC(N4CCN(CCOCCOCCOCCOCCOc5ccc6c(c5)C(=O)N(C5CCC(=O)NC5=O)C6=O)CC4)CC3)c2c1. The molecule has 1 aromatic heterocycles. The van der Waals surface area contributed by atoms with E-state index >= 15 is 0 Å². The number of hydrogen-bond acceptors (Lipinski definition) is 15. The first kappa shape index (κ1) is 42.0. The van der Waals surface area contributed by atoms with E-state index < -0.39 is 29.7 Å². The van der Waals surface area contributed by atoms with Gasteiger partial charge >= 0.3 is 0 Å². The van der Waals surface area contributed by atoms with Crippen molar-refractivity contribution in [1.82, 2.24) is 30.0 Å². The van der Waals surface area contributed by atoms with Crippen molar-refractivity contribution in [2.45, 2.75) is 56.7 Å². The van der Waals surface area contributed by atoms with E-state index in [1.54, 1.807) is 18.5 Å². The number of hydrogen-bond donors (Lipinski definition) is 2. The van der Waals surface area contributed by atoms with Crippen molar-refractivity contribution in [3.8, 4) is 11.8 Å². The van der Waals surface area contributed by atoms with Crippen LogP contribution < -0.4 is 15.4 Å². The van der Waals surface area contributed by atoms with Crippen molar-refractivity contribution >= 4 is 40.3 Å². The van der Waals surface area contributed by atoms with Gasteiger partial charge in [0, 0.05) is 56.6 Å². The lowest BCUT2D eigenvalue weighted by Gasteiger charge is -2.42. The van der Waals surface area contributed by atoms with E-state index in [0.717, 1.165) is 80.0 Å².